The number of nitrogens with one attached hydrogen (secondary N) is 4. The van der Waals surface area contributed by atoms with Gasteiger partial charge in [-0.3, -0.25) is 10.6 Å². The lowest BCUT2D eigenvalue weighted by molar-refractivity contribution is 0.157. The zero-order valence-corrected chi connectivity index (χ0v) is 36.4. The summed E-state index contributed by atoms with van der Waals surface area (Å²) in [5, 5.41) is 13.0. The van der Waals surface area contributed by atoms with Gasteiger partial charge in [0.2, 0.25) is 0 Å². The highest BCUT2D eigenvalue weighted by atomic mass is 32.2. The van der Waals surface area contributed by atoms with Crippen LogP contribution in [0, 0.1) is 0 Å². The Balaban J connectivity index is 0.802. The van der Waals surface area contributed by atoms with Crippen LogP contribution >= 0.6 is 24.0 Å². The number of ether oxygens (including phenoxy) is 3. The smallest absolute Gasteiger partial charge is 0.411 e. The number of amides is 2. The van der Waals surface area contributed by atoms with Gasteiger partial charge in [-0.15, -0.1) is 0 Å². The van der Waals surface area contributed by atoms with Crippen LogP contribution in [0.4, 0.5) is 32.3 Å². The molecule has 2 aliphatic rings. The van der Waals surface area contributed by atoms with Gasteiger partial charge in [-0.25, -0.2) is 9.59 Å². The minimum Gasteiger partial charge on any atom is -0.497 e. The van der Waals surface area contributed by atoms with Gasteiger partial charge >= 0.3 is 12.2 Å². The Hall–Kier alpha value is -7.41. The number of anilines is 4. The highest BCUT2D eigenvalue weighted by molar-refractivity contribution is 8.13. The van der Waals surface area contributed by atoms with Crippen molar-refractivity contribution in [1.82, 2.24) is 0 Å². The Morgan fingerprint density at radius 1 is 0.516 bits per heavy atom. The lowest BCUT2D eigenvalue weighted by atomic mass is 9.98. The summed E-state index contributed by atoms with van der Waals surface area (Å²) in [4.78, 5) is 30.6. The highest BCUT2D eigenvalue weighted by Gasteiger charge is 2.30. The van der Waals surface area contributed by atoms with Crippen molar-refractivity contribution in [2.24, 2.45) is 4.99 Å². The monoisotopic (exact) mass is 881 g/mol. The maximum Gasteiger partial charge on any atom is 0.411 e. The Kier molecular flexibility index (Phi) is 12.7. The second kappa shape index (κ2) is 19.3. The van der Waals surface area contributed by atoms with Gasteiger partial charge < -0.3 is 24.8 Å². The first kappa shape index (κ1) is 41.9. The van der Waals surface area contributed by atoms with Crippen molar-refractivity contribution in [1.29, 1.82) is 0 Å². The van der Waals surface area contributed by atoms with Crippen LogP contribution in [0.15, 0.2) is 175 Å². The van der Waals surface area contributed by atoms with E-state index in [0.717, 1.165) is 39.3 Å². The average Bonchev–Trinajstić information content (AvgIpc) is 3.83. The summed E-state index contributed by atoms with van der Waals surface area (Å²) < 4.78 is 16.8. The molecule has 4 N–H and O–H groups in total. The predicted molar refractivity (Wildman–Crippen MR) is 262 cm³/mol. The molecule has 0 atom stereocenters. The fourth-order valence-corrected chi connectivity index (χ4v) is 9.22. The van der Waals surface area contributed by atoms with E-state index >= 15 is 0 Å². The average molecular weight is 882 g/mol. The predicted octanol–water partition coefficient (Wildman–Crippen LogP) is 12.5. The third-order valence-corrected chi connectivity index (χ3v) is 12.3. The number of rotatable bonds is 11. The molecular formula is C52H43N5O5S2. The van der Waals surface area contributed by atoms with Crippen LogP contribution in [0.1, 0.15) is 39.7 Å². The summed E-state index contributed by atoms with van der Waals surface area (Å²) in [5.74, 6) is 1.32. The zero-order valence-electron chi connectivity index (χ0n) is 34.7. The molecule has 9 rings (SSSR count). The number of thiocarbonyl (C=S) groups is 1. The van der Waals surface area contributed by atoms with E-state index in [0.29, 0.717) is 28.0 Å². The molecule has 0 spiro atoms. The van der Waals surface area contributed by atoms with E-state index in [1.807, 2.05) is 84.9 Å². The molecule has 0 bridgehead atoms. The van der Waals surface area contributed by atoms with Gasteiger partial charge in [-0.05, 0) is 123 Å². The molecule has 0 saturated heterocycles. The second-order valence-electron chi connectivity index (χ2n) is 15.2. The minimum atomic E-state index is -0.534. The number of thioether (sulfide) groups is 1. The van der Waals surface area contributed by atoms with Crippen LogP contribution < -0.4 is 26.0 Å². The van der Waals surface area contributed by atoms with Crippen molar-refractivity contribution in [3.8, 4) is 28.0 Å². The lowest BCUT2D eigenvalue weighted by Crippen LogP contribution is -2.18. The van der Waals surface area contributed by atoms with Crippen LogP contribution in [0.5, 0.6) is 5.75 Å². The molecule has 318 valence electrons. The number of methoxy groups -OCH3 is 1. The van der Waals surface area contributed by atoms with Crippen LogP contribution in [0.25, 0.3) is 22.3 Å². The van der Waals surface area contributed by atoms with Gasteiger partial charge in [-0.1, -0.05) is 121 Å². The van der Waals surface area contributed by atoms with Crippen molar-refractivity contribution in [2.45, 2.75) is 17.6 Å². The number of carbonyl (C=O) groups is 2. The van der Waals surface area contributed by atoms with Crippen molar-refractivity contribution < 1.29 is 23.8 Å². The highest BCUT2D eigenvalue weighted by Crippen LogP contribution is 2.45. The fraction of sp³-hybridized carbons (Fsp3) is 0.115. The number of carbonyl (C=O) groups excluding carboxylic acids is 2. The molecule has 7 aromatic carbocycles. The summed E-state index contributed by atoms with van der Waals surface area (Å²) >= 11 is 7.17. The molecule has 0 saturated carbocycles. The summed E-state index contributed by atoms with van der Waals surface area (Å²) in [5.41, 5.74) is 13.0. The van der Waals surface area contributed by atoms with E-state index in [-0.39, 0.29) is 30.2 Å². The lowest BCUT2D eigenvalue weighted by Gasteiger charge is -2.15. The standard InChI is InChI=1S/C52H43N5O5S2/c1-60-38-28-18-33(19-29-38)32-64-50(54-35-22-26-37(27-23-35)56-52(59)62-31-48-45-16-8-4-12-41(45)42-13-5-9-17-46(42)48)57-49(63)53-34-20-24-36(25-21-34)55-51(58)61-30-47-43-14-6-2-10-39(43)40-11-3-7-15-44(40)47/h2-29,47-48H,30-32H2,1H3,(H,55,58)(H,56,59)(H2,53,54,57,63). The molecule has 7 aromatic rings. The van der Waals surface area contributed by atoms with Crippen molar-refractivity contribution in [3.05, 3.63) is 198 Å². The number of fused-ring (bicyclic) bond motifs is 6. The molecular weight excluding hydrogens is 839 g/mol. The molecule has 0 aromatic heterocycles. The molecule has 2 aliphatic carbocycles. The van der Waals surface area contributed by atoms with Gasteiger partial charge in [0, 0.05) is 40.3 Å². The molecule has 0 radical (unpaired) electrons. The SMILES string of the molecule is COc1ccc(CS/C(=N\C(=S)Nc2ccc(NC(=O)OCC3c4ccccc4-c4ccccc43)cc2)Nc2ccc(NC(=O)OCC3c4ccccc4-c4ccccc43)cc2)cc1. The topological polar surface area (TPSA) is 122 Å². The third kappa shape index (κ3) is 9.63. The number of nitrogens with zero attached hydrogens (tertiary/aromatic N) is 1. The fourth-order valence-electron chi connectivity index (χ4n) is 8.12. The first-order valence-electron chi connectivity index (χ1n) is 20.7. The summed E-state index contributed by atoms with van der Waals surface area (Å²) in [6, 6.07) is 55.2. The molecule has 2 amide bonds. The van der Waals surface area contributed by atoms with Crippen LogP contribution in [0.2, 0.25) is 0 Å². The number of benzene rings is 7. The van der Waals surface area contributed by atoms with E-state index in [1.165, 1.54) is 34.0 Å². The Morgan fingerprint density at radius 2 is 0.891 bits per heavy atom. The third-order valence-electron chi connectivity index (χ3n) is 11.2. The normalized spacial score (nSPS) is 12.5. The van der Waals surface area contributed by atoms with Gasteiger partial charge in [0.1, 0.15) is 19.0 Å². The van der Waals surface area contributed by atoms with E-state index < -0.39 is 12.2 Å². The molecule has 0 heterocycles. The van der Waals surface area contributed by atoms with Crippen LogP contribution in [-0.2, 0) is 15.2 Å². The maximum atomic E-state index is 13.0. The first-order chi connectivity index (χ1) is 31.4. The largest absolute Gasteiger partial charge is 0.497 e. The van der Waals surface area contributed by atoms with E-state index in [9.17, 15) is 9.59 Å². The Bertz CT molecular complexity index is 2760. The molecule has 0 unspecified atom stereocenters. The van der Waals surface area contributed by atoms with Crippen molar-refractivity contribution in [2.75, 3.05) is 41.6 Å². The Morgan fingerprint density at radius 3 is 1.30 bits per heavy atom. The van der Waals surface area contributed by atoms with Crippen molar-refractivity contribution in [3.63, 3.8) is 0 Å². The van der Waals surface area contributed by atoms with E-state index in [1.54, 1.807) is 43.5 Å². The van der Waals surface area contributed by atoms with Gasteiger partial charge in [0.25, 0.3) is 0 Å². The Labute approximate surface area is 381 Å². The molecule has 64 heavy (non-hydrogen) atoms. The molecule has 12 heteroatoms. The van der Waals surface area contributed by atoms with E-state index in [4.69, 9.17) is 31.4 Å². The van der Waals surface area contributed by atoms with Crippen LogP contribution in [0.3, 0.4) is 0 Å². The quantitative estimate of drug-likeness (QED) is 0.0571. The second-order valence-corrected chi connectivity index (χ2v) is 16.5. The first-order valence-corrected chi connectivity index (χ1v) is 22.1. The van der Waals surface area contributed by atoms with E-state index in [2.05, 4.69) is 69.8 Å². The summed E-state index contributed by atoms with van der Waals surface area (Å²) in [6.45, 7) is 0.446. The molecule has 0 aliphatic heterocycles. The van der Waals surface area contributed by atoms with Gasteiger partial charge in [0.05, 0.1) is 7.11 Å². The molecule has 0 fully saturated rings. The van der Waals surface area contributed by atoms with Crippen LogP contribution in [-0.4, -0.2) is 42.8 Å². The minimum absolute atomic E-state index is 0.0295. The summed E-state index contributed by atoms with van der Waals surface area (Å²) in [6.07, 6.45) is -1.06. The number of aliphatic imine (C=N–C) groups is 1. The number of hydrogen-bond acceptors (Lipinski definition) is 7. The van der Waals surface area contributed by atoms with Gasteiger partial charge in [-0.2, -0.15) is 4.99 Å². The number of hydrogen-bond donors (Lipinski definition) is 4. The summed E-state index contributed by atoms with van der Waals surface area (Å²) in [7, 11) is 1.64. The van der Waals surface area contributed by atoms with Crippen molar-refractivity contribution >= 4 is 69.2 Å². The maximum absolute atomic E-state index is 13.0. The zero-order chi connectivity index (χ0) is 43.8. The molecule has 10 nitrogen and oxygen atoms in total. The van der Waals surface area contributed by atoms with Gasteiger partial charge in [0.15, 0.2) is 10.3 Å². The number of amidine groups is 1.